The molecule has 2 rings (SSSR count). The molecule has 0 saturated carbocycles. The van der Waals surface area contributed by atoms with Gasteiger partial charge < -0.3 is 5.32 Å². The Hall–Kier alpha value is -0.370. The van der Waals surface area contributed by atoms with Gasteiger partial charge in [0, 0.05) is 42.3 Å². The van der Waals surface area contributed by atoms with E-state index in [0.29, 0.717) is 30.7 Å². The molecule has 1 aliphatic rings. The van der Waals surface area contributed by atoms with Crippen LogP contribution >= 0.6 is 28.3 Å². The summed E-state index contributed by atoms with van der Waals surface area (Å²) in [5.74, 6) is -0.596. The molecule has 2 nitrogen and oxygen atoms in total. The number of benzene rings is 1. The minimum absolute atomic E-state index is 0. The van der Waals surface area contributed by atoms with Crippen molar-refractivity contribution < 1.29 is 17.6 Å². The number of nitrogens with zero attached hydrogens (tertiary/aromatic N) is 1. The molecule has 1 saturated heterocycles. The van der Waals surface area contributed by atoms with Gasteiger partial charge in [0.25, 0.3) is 0 Å². The first-order valence-electron chi connectivity index (χ1n) is 6.33. The van der Waals surface area contributed by atoms with Crippen LogP contribution in [0.5, 0.6) is 0 Å². The number of nitrogens with one attached hydrogen (secondary N) is 1. The lowest BCUT2D eigenvalue weighted by Crippen LogP contribution is -2.46. The van der Waals surface area contributed by atoms with E-state index < -0.39 is 24.5 Å². The summed E-state index contributed by atoms with van der Waals surface area (Å²) in [6.07, 6.45) is -5.37. The van der Waals surface area contributed by atoms with Crippen LogP contribution in [0, 0.1) is 5.82 Å². The molecular weight excluding hydrogens is 376 g/mol. The Bertz CT molecular complexity index is 464. The van der Waals surface area contributed by atoms with Crippen molar-refractivity contribution in [1.82, 2.24) is 10.2 Å². The first-order valence-corrected chi connectivity index (χ1v) is 7.12. The fourth-order valence-corrected chi connectivity index (χ4v) is 2.80. The van der Waals surface area contributed by atoms with Crippen LogP contribution in [0.15, 0.2) is 22.7 Å². The molecule has 0 amide bonds. The van der Waals surface area contributed by atoms with Crippen molar-refractivity contribution in [2.45, 2.75) is 18.6 Å². The first-order chi connectivity index (χ1) is 9.37. The van der Waals surface area contributed by atoms with Gasteiger partial charge in [-0.05, 0) is 18.2 Å². The van der Waals surface area contributed by atoms with E-state index >= 15 is 0 Å². The summed E-state index contributed by atoms with van der Waals surface area (Å²) in [6.45, 7) is 2.19. The van der Waals surface area contributed by atoms with Gasteiger partial charge in [-0.1, -0.05) is 15.9 Å². The Morgan fingerprint density at radius 2 is 1.86 bits per heavy atom. The van der Waals surface area contributed by atoms with Gasteiger partial charge in [-0.25, -0.2) is 4.39 Å². The third kappa shape index (κ3) is 5.39. The number of alkyl halides is 3. The Morgan fingerprint density at radius 3 is 2.43 bits per heavy atom. The summed E-state index contributed by atoms with van der Waals surface area (Å²) in [4.78, 5) is 1.69. The number of rotatable bonds is 3. The van der Waals surface area contributed by atoms with Crippen molar-refractivity contribution in [2.24, 2.45) is 0 Å². The smallest absolute Gasteiger partial charge is 0.314 e. The average molecular weight is 392 g/mol. The fraction of sp³-hybridized carbons (Fsp3) is 0.538. The Balaban J connectivity index is 0.00000220. The molecule has 1 aliphatic heterocycles. The fourth-order valence-electron chi connectivity index (χ4n) is 2.42. The van der Waals surface area contributed by atoms with Crippen molar-refractivity contribution in [3.63, 3.8) is 0 Å². The Kier molecular flexibility index (Phi) is 6.90. The zero-order chi connectivity index (χ0) is 14.8. The standard InChI is InChI=1S/C13H15BrF4N2.ClH/c14-9-1-2-11(15)10(7-9)12(8-13(16,17)18)20-5-3-19-4-6-20;/h1-2,7,12,19H,3-6,8H2;1H/t12-;/m1./s1. The molecule has 1 aromatic rings. The van der Waals surface area contributed by atoms with Gasteiger partial charge in [0.05, 0.1) is 6.42 Å². The molecule has 1 N–H and O–H groups in total. The number of halogens is 6. The monoisotopic (exact) mass is 390 g/mol. The van der Waals surface area contributed by atoms with Crippen LogP contribution in [0.1, 0.15) is 18.0 Å². The maximum atomic E-state index is 13.9. The molecule has 21 heavy (non-hydrogen) atoms. The molecule has 0 unspecified atom stereocenters. The lowest BCUT2D eigenvalue weighted by molar-refractivity contribution is -0.149. The minimum atomic E-state index is -4.33. The summed E-state index contributed by atoms with van der Waals surface area (Å²) < 4.78 is 52.9. The van der Waals surface area contributed by atoms with Gasteiger partial charge >= 0.3 is 6.18 Å². The van der Waals surface area contributed by atoms with E-state index in [2.05, 4.69) is 21.2 Å². The average Bonchev–Trinajstić information content (AvgIpc) is 2.39. The van der Waals surface area contributed by atoms with Gasteiger partial charge in [-0.2, -0.15) is 13.2 Å². The van der Waals surface area contributed by atoms with Crippen LogP contribution in [0.3, 0.4) is 0 Å². The van der Waals surface area contributed by atoms with Crippen LogP contribution in [-0.4, -0.2) is 37.3 Å². The van der Waals surface area contributed by atoms with E-state index in [1.165, 1.54) is 18.2 Å². The zero-order valence-electron chi connectivity index (χ0n) is 11.1. The predicted molar refractivity (Wildman–Crippen MR) is 79.2 cm³/mol. The molecular formula is C13H16BrClF4N2. The minimum Gasteiger partial charge on any atom is -0.314 e. The Labute approximate surface area is 135 Å². The van der Waals surface area contributed by atoms with Crippen LogP contribution in [0.25, 0.3) is 0 Å². The van der Waals surface area contributed by atoms with E-state index in [1.807, 2.05) is 0 Å². The van der Waals surface area contributed by atoms with E-state index in [9.17, 15) is 17.6 Å². The zero-order valence-corrected chi connectivity index (χ0v) is 13.5. The molecule has 0 spiro atoms. The number of piperazine rings is 1. The molecule has 0 aliphatic carbocycles. The summed E-state index contributed by atoms with van der Waals surface area (Å²) in [5, 5.41) is 3.08. The first kappa shape index (κ1) is 18.7. The molecule has 8 heteroatoms. The lowest BCUT2D eigenvalue weighted by Gasteiger charge is -2.35. The topological polar surface area (TPSA) is 15.3 Å². The van der Waals surface area contributed by atoms with Crippen LogP contribution in [0.4, 0.5) is 17.6 Å². The second-order valence-electron chi connectivity index (χ2n) is 4.79. The molecule has 1 aromatic carbocycles. The van der Waals surface area contributed by atoms with Crippen LogP contribution < -0.4 is 5.32 Å². The highest BCUT2D eigenvalue weighted by molar-refractivity contribution is 9.10. The van der Waals surface area contributed by atoms with E-state index in [4.69, 9.17) is 0 Å². The molecule has 120 valence electrons. The third-order valence-corrected chi connectivity index (χ3v) is 3.83. The molecule has 0 bridgehead atoms. The van der Waals surface area contributed by atoms with Crippen molar-refractivity contribution in [1.29, 1.82) is 0 Å². The summed E-state index contributed by atoms with van der Waals surface area (Å²) in [7, 11) is 0. The van der Waals surface area contributed by atoms with E-state index in [0.717, 1.165) is 0 Å². The van der Waals surface area contributed by atoms with Crippen molar-refractivity contribution in [3.8, 4) is 0 Å². The highest BCUT2D eigenvalue weighted by Gasteiger charge is 2.37. The van der Waals surface area contributed by atoms with E-state index in [-0.39, 0.29) is 18.0 Å². The van der Waals surface area contributed by atoms with Gasteiger partial charge in [0.1, 0.15) is 5.82 Å². The molecule has 1 fully saturated rings. The summed E-state index contributed by atoms with van der Waals surface area (Å²) >= 11 is 3.19. The lowest BCUT2D eigenvalue weighted by atomic mass is 10.0. The SMILES string of the molecule is Cl.Fc1ccc(Br)cc1[C@@H](CC(F)(F)F)N1CCNCC1. The van der Waals surface area contributed by atoms with Gasteiger partial charge in [-0.3, -0.25) is 4.90 Å². The van der Waals surface area contributed by atoms with E-state index in [1.54, 1.807) is 4.90 Å². The quantitative estimate of drug-likeness (QED) is 0.786. The summed E-state index contributed by atoms with van der Waals surface area (Å²) in [5.41, 5.74) is 0.0959. The molecule has 0 aromatic heterocycles. The largest absolute Gasteiger partial charge is 0.390 e. The van der Waals surface area contributed by atoms with Crippen molar-refractivity contribution >= 4 is 28.3 Å². The molecule has 1 heterocycles. The third-order valence-electron chi connectivity index (χ3n) is 3.33. The van der Waals surface area contributed by atoms with Crippen molar-refractivity contribution in [3.05, 3.63) is 34.1 Å². The maximum Gasteiger partial charge on any atom is 0.390 e. The maximum absolute atomic E-state index is 13.9. The number of hydrogen-bond acceptors (Lipinski definition) is 2. The second kappa shape index (κ2) is 7.76. The predicted octanol–water partition coefficient (Wildman–Crippen LogP) is 3.91. The summed E-state index contributed by atoms with van der Waals surface area (Å²) in [6, 6.07) is 3.15. The highest BCUT2D eigenvalue weighted by atomic mass is 79.9. The number of hydrogen-bond donors (Lipinski definition) is 1. The van der Waals surface area contributed by atoms with Gasteiger partial charge in [0.15, 0.2) is 0 Å². The second-order valence-corrected chi connectivity index (χ2v) is 5.70. The van der Waals surface area contributed by atoms with Gasteiger partial charge in [-0.15, -0.1) is 12.4 Å². The molecule has 1 atom stereocenters. The molecule has 0 radical (unpaired) electrons. The normalized spacial score (nSPS) is 18.1. The van der Waals surface area contributed by atoms with Crippen LogP contribution in [0.2, 0.25) is 0 Å². The highest BCUT2D eigenvalue weighted by Crippen LogP contribution is 2.36. The van der Waals surface area contributed by atoms with Gasteiger partial charge in [0.2, 0.25) is 0 Å². The Morgan fingerprint density at radius 1 is 1.24 bits per heavy atom. The van der Waals surface area contributed by atoms with Crippen LogP contribution in [-0.2, 0) is 0 Å². The van der Waals surface area contributed by atoms with Crippen molar-refractivity contribution in [2.75, 3.05) is 26.2 Å².